The van der Waals surface area contributed by atoms with Gasteiger partial charge < -0.3 is 4.42 Å². The number of hydrogen-bond acceptors (Lipinski definition) is 2. The van der Waals surface area contributed by atoms with E-state index in [0.717, 1.165) is 6.07 Å². The second-order valence-electron chi connectivity index (χ2n) is 4.38. The lowest BCUT2D eigenvalue weighted by molar-refractivity contribution is 0.536. The highest BCUT2D eigenvalue weighted by Crippen LogP contribution is 2.30. The van der Waals surface area contributed by atoms with E-state index in [9.17, 15) is 8.78 Å². The summed E-state index contributed by atoms with van der Waals surface area (Å²) in [6, 6.07) is 3.85. The van der Waals surface area contributed by atoms with Crippen LogP contribution in [0, 0.1) is 28.9 Å². The third kappa shape index (κ3) is 2.01. The molecule has 0 saturated heterocycles. The maximum atomic E-state index is 13.5. The Morgan fingerprint density at radius 3 is 2.65 bits per heavy atom. The standard InChI is InChI=1S/C13H11F2NO/c1-7(2)3-9-10-4-8(14)5-11(15)13(10)17-12(9)6-16/h4-5,7H,3H2,1-2H3. The highest BCUT2D eigenvalue weighted by Gasteiger charge is 2.18. The Labute approximate surface area is 97.5 Å². The Balaban J connectivity index is 2.75. The van der Waals surface area contributed by atoms with Crippen LogP contribution >= 0.6 is 0 Å². The van der Waals surface area contributed by atoms with Crippen LogP contribution in [0.25, 0.3) is 11.0 Å². The van der Waals surface area contributed by atoms with E-state index >= 15 is 0 Å². The van der Waals surface area contributed by atoms with E-state index in [2.05, 4.69) is 0 Å². The topological polar surface area (TPSA) is 36.9 Å². The van der Waals surface area contributed by atoms with Crippen molar-refractivity contribution < 1.29 is 13.2 Å². The molecular formula is C13H11F2NO. The summed E-state index contributed by atoms with van der Waals surface area (Å²) >= 11 is 0. The second kappa shape index (κ2) is 4.17. The quantitative estimate of drug-likeness (QED) is 0.794. The zero-order valence-corrected chi connectivity index (χ0v) is 9.55. The lowest BCUT2D eigenvalue weighted by atomic mass is 10.00. The van der Waals surface area contributed by atoms with Crippen molar-refractivity contribution in [2.24, 2.45) is 5.92 Å². The van der Waals surface area contributed by atoms with Crippen molar-refractivity contribution in [2.45, 2.75) is 20.3 Å². The molecule has 0 N–H and O–H groups in total. The minimum atomic E-state index is -0.772. The number of fused-ring (bicyclic) bond motifs is 1. The summed E-state index contributed by atoms with van der Waals surface area (Å²) in [7, 11) is 0. The van der Waals surface area contributed by atoms with Gasteiger partial charge in [0, 0.05) is 17.0 Å². The summed E-state index contributed by atoms with van der Waals surface area (Å²) in [6.07, 6.45) is 0.554. The van der Waals surface area contributed by atoms with Crippen LogP contribution in [-0.4, -0.2) is 0 Å². The Morgan fingerprint density at radius 2 is 2.06 bits per heavy atom. The number of benzene rings is 1. The summed E-state index contributed by atoms with van der Waals surface area (Å²) in [5, 5.41) is 9.29. The Morgan fingerprint density at radius 1 is 1.35 bits per heavy atom. The van der Waals surface area contributed by atoms with Crippen molar-refractivity contribution in [1.82, 2.24) is 0 Å². The summed E-state index contributed by atoms with van der Waals surface area (Å²) in [6.45, 7) is 3.94. The summed E-state index contributed by atoms with van der Waals surface area (Å²) in [4.78, 5) is 0. The number of halogens is 2. The average molecular weight is 235 g/mol. The summed E-state index contributed by atoms with van der Waals surface area (Å²) in [5.41, 5.74) is 0.537. The Bertz CT molecular complexity index is 608. The van der Waals surface area contributed by atoms with Gasteiger partial charge in [-0.1, -0.05) is 13.8 Å². The molecule has 1 aromatic heterocycles. The van der Waals surface area contributed by atoms with E-state index in [4.69, 9.17) is 9.68 Å². The van der Waals surface area contributed by atoms with E-state index in [0.29, 0.717) is 17.4 Å². The van der Waals surface area contributed by atoms with Crippen molar-refractivity contribution in [3.63, 3.8) is 0 Å². The molecule has 17 heavy (non-hydrogen) atoms. The zero-order valence-electron chi connectivity index (χ0n) is 9.55. The van der Waals surface area contributed by atoms with Crippen LogP contribution in [0.1, 0.15) is 25.2 Å². The van der Waals surface area contributed by atoms with E-state index in [1.165, 1.54) is 6.07 Å². The van der Waals surface area contributed by atoms with Gasteiger partial charge in [0.25, 0.3) is 0 Å². The van der Waals surface area contributed by atoms with Gasteiger partial charge in [0.1, 0.15) is 11.9 Å². The second-order valence-corrected chi connectivity index (χ2v) is 4.38. The predicted octanol–water partition coefficient (Wildman–Crippen LogP) is 3.78. The molecule has 4 heteroatoms. The van der Waals surface area contributed by atoms with Crippen molar-refractivity contribution in [3.8, 4) is 6.07 Å². The van der Waals surface area contributed by atoms with Gasteiger partial charge in [0.2, 0.25) is 5.76 Å². The van der Waals surface area contributed by atoms with Gasteiger partial charge in [0.15, 0.2) is 11.4 Å². The Hall–Kier alpha value is -1.89. The molecule has 0 radical (unpaired) electrons. The minimum Gasteiger partial charge on any atom is -0.442 e. The molecule has 0 aliphatic rings. The lowest BCUT2D eigenvalue weighted by Gasteiger charge is -2.02. The maximum Gasteiger partial charge on any atom is 0.208 e. The van der Waals surface area contributed by atoms with Gasteiger partial charge in [-0.3, -0.25) is 0 Å². The van der Waals surface area contributed by atoms with Crippen molar-refractivity contribution in [2.75, 3.05) is 0 Å². The molecule has 2 nitrogen and oxygen atoms in total. The zero-order chi connectivity index (χ0) is 12.6. The average Bonchev–Trinajstić information content (AvgIpc) is 2.56. The van der Waals surface area contributed by atoms with Gasteiger partial charge in [-0.15, -0.1) is 0 Å². The highest BCUT2D eigenvalue weighted by atomic mass is 19.1. The van der Waals surface area contributed by atoms with Gasteiger partial charge in [0.05, 0.1) is 0 Å². The lowest BCUT2D eigenvalue weighted by Crippen LogP contribution is -1.95. The van der Waals surface area contributed by atoms with Crippen molar-refractivity contribution in [3.05, 3.63) is 35.1 Å². The monoisotopic (exact) mass is 235 g/mol. The number of hydrogen-bond donors (Lipinski definition) is 0. The summed E-state index contributed by atoms with van der Waals surface area (Å²) in [5.74, 6) is -1.09. The molecule has 1 heterocycles. The van der Waals surface area contributed by atoms with E-state index in [1.54, 1.807) is 0 Å². The van der Waals surface area contributed by atoms with Crippen LogP contribution < -0.4 is 0 Å². The summed E-state index contributed by atoms with van der Waals surface area (Å²) < 4.78 is 31.8. The molecule has 1 aromatic carbocycles. The molecule has 88 valence electrons. The smallest absolute Gasteiger partial charge is 0.208 e. The fourth-order valence-corrected chi connectivity index (χ4v) is 1.88. The maximum absolute atomic E-state index is 13.5. The molecule has 0 bridgehead atoms. The molecule has 0 unspecified atom stereocenters. The predicted molar refractivity (Wildman–Crippen MR) is 59.4 cm³/mol. The van der Waals surface area contributed by atoms with Crippen LogP contribution in [0.15, 0.2) is 16.5 Å². The fraction of sp³-hybridized carbons (Fsp3) is 0.308. The molecule has 0 aliphatic heterocycles. The van der Waals surface area contributed by atoms with Gasteiger partial charge in [-0.25, -0.2) is 8.78 Å². The highest BCUT2D eigenvalue weighted by molar-refractivity contribution is 5.83. The first-order valence-electron chi connectivity index (χ1n) is 5.33. The van der Waals surface area contributed by atoms with Crippen LogP contribution in [0.2, 0.25) is 0 Å². The van der Waals surface area contributed by atoms with Crippen LogP contribution in [-0.2, 0) is 6.42 Å². The molecule has 0 spiro atoms. The molecule has 0 saturated carbocycles. The number of nitriles is 1. The van der Waals surface area contributed by atoms with Crippen LogP contribution in [0.4, 0.5) is 8.78 Å². The number of rotatable bonds is 2. The number of furan rings is 1. The van der Waals surface area contributed by atoms with Gasteiger partial charge >= 0.3 is 0 Å². The van der Waals surface area contributed by atoms with E-state index < -0.39 is 11.6 Å². The molecule has 0 amide bonds. The van der Waals surface area contributed by atoms with Crippen molar-refractivity contribution in [1.29, 1.82) is 5.26 Å². The third-order valence-corrected chi connectivity index (χ3v) is 2.53. The molecule has 0 aliphatic carbocycles. The first kappa shape index (κ1) is 11.6. The first-order valence-corrected chi connectivity index (χ1v) is 5.33. The van der Waals surface area contributed by atoms with E-state index in [-0.39, 0.29) is 17.3 Å². The molecular weight excluding hydrogens is 224 g/mol. The van der Waals surface area contributed by atoms with E-state index in [1.807, 2.05) is 19.9 Å². The molecule has 2 rings (SSSR count). The van der Waals surface area contributed by atoms with Gasteiger partial charge in [-0.05, 0) is 18.4 Å². The SMILES string of the molecule is CC(C)Cc1c(C#N)oc2c(F)cc(F)cc12. The van der Waals surface area contributed by atoms with Gasteiger partial charge in [-0.2, -0.15) is 5.26 Å². The largest absolute Gasteiger partial charge is 0.442 e. The molecule has 0 fully saturated rings. The normalized spacial score (nSPS) is 11.1. The molecule has 2 aromatic rings. The van der Waals surface area contributed by atoms with Crippen LogP contribution in [0.3, 0.4) is 0 Å². The first-order chi connectivity index (χ1) is 8.02. The fourth-order valence-electron chi connectivity index (χ4n) is 1.88. The Kier molecular flexibility index (Phi) is 2.84. The minimum absolute atomic E-state index is 0.0430. The third-order valence-electron chi connectivity index (χ3n) is 2.53. The number of nitrogens with zero attached hydrogens (tertiary/aromatic N) is 1. The van der Waals surface area contributed by atoms with Crippen molar-refractivity contribution >= 4 is 11.0 Å². The molecule has 0 atom stereocenters. The van der Waals surface area contributed by atoms with Crippen LogP contribution in [0.5, 0.6) is 0 Å².